The Bertz CT molecular complexity index is 4050. The van der Waals surface area contributed by atoms with E-state index < -0.39 is 40.1 Å². The molecule has 0 fully saturated rings. The van der Waals surface area contributed by atoms with Crippen molar-refractivity contribution < 1.29 is 50.7 Å². The first-order valence-electron chi connectivity index (χ1n) is 34.0. The fraction of sp³-hybridized carbons (Fsp3) is 0.421. The molecule has 2 aliphatic heterocycles. The van der Waals surface area contributed by atoms with Gasteiger partial charge in [0.1, 0.15) is 0 Å². The van der Waals surface area contributed by atoms with Gasteiger partial charge in [0.15, 0.2) is 0 Å². The van der Waals surface area contributed by atoms with E-state index in [9.17, 15) is 33.7 Å². The monoisotopic (exact) mass is 1430 g/mol. The van der Waals surface area contributed by atoms with Crippen LogP contribution in [0.15, 0.2) is 141 Å². The van der Waals surface area contributed by atoms with Crippen LogP contribution in [0.1, 0.15) is 183 Å². The van der Waals surface area contributed by atoms with Gasteiger partial charge in [0, 0.05) is 26.2 Å². The van der Waals surface area contributed by atoms with Crippen molar-refractivity contribution in [3.8, 4) is 44.5 Å². The van der Waals surface area contributed by atoms with E-state index in [0.29, 0.717) is 115 Å². The van der Waals surface area contributed by atoms with Gasteiger partial charge in [-0.05, 0) is 165 Å². The van der Waals surface area contributed by atoms with Gasteiger partial charge in [0.25, 0.3) is 0 Å². The zero-order valence-corrected chi connectivity index (χ0v) is 62.7. The number of hydrogen-bond donors (Lipinski definition) is 4. The molecule has 16 nitrogen and oxygen atoms in total. The van der Waals surface area contributed by atoms with Gasteiger partial charge in [-0.3, -0.25) is 0 Å². The van der Waals surface area contributed by atoms with Crippen LogP contribution in [0.4, 0.5) is 0 Å². The fourth-order valence-electron chi connectivity index (χ4n) is 12.2. The molecule has 0 unspecified atom stereocenters. The molecule has 0 atom stereocenters. The largest absolute Gasteiger partial charge is 2.00 e. The molecule has 21 heteroatoms. The molecule has 8 bridgehead atoms. The minimum atomic E-state index is -3.91. The van der Waals surface area contributed by atoms with Crippen LogP contribution in [0.25, 0.3) is 90.9 Å². The molecular weight excluding hydrogens is 1340 g/mol. The van der Waals surface area contributed by atoms with Crippen LogP contribution in [0.2, 0.25) is 0 Å². The molecule has 2 aliphatic rings. The van der Waals surface area contributed by atoms with Crippen LogP contribution < -0.4 is 28.9 Å². The number of sulfonamides is 4. The number of nitrogens with one attached hydrogen (secondary N) is 4. The normalized spacial score (nSPS) is 13.3. The van der Waals surface area contributed by atoms with Crippen LogP contribution in [0.5, 0.6) is 0 Å². The molecule has 519 valence electrons. The Balaban J connectivity index is 0.0000120. The molecule has 9 rings (SSSR count). The van der Waals surface area contributed by atoms with E-state index in [0.717, 1.165) is 51.4 Å². The zero-order chi connectivity index (χ0) is 69.5. The predicted octanol–water partition coefficient (Wildman–Crippen LogP) is 16.6. The van der Waals surface area contributed by atoms with Crippen molar-refractivity contribution in [3.05, 3.63) is 144 Å². The van der Waals surface area contributed by atoms with Crippen molar-refractivity contribution in [2.45, 2.75) is 180 Å². The maximum atomic E-state index is 13.9. The number of fused-ring (bicyclic) bond motifs is 8. The number of nitrogens with zero attached hydrogens (tertiary/aromatic N) is 4. The summed E-state index contributed by atoms with van der Waals surface area (Å²) in [5.74, 6) is 0. The average molecular weight is 1430 g/mol. The second-order valence-corrected chi connectivity index (χ2v) is 34.2. The number of benzene rings is 4. The van der Waals surface area contributed by atoms with E-state index in [-0.39, 0.29) is 84.5 Å². The van der Waals surface area contributed by atoms with Gasteiger partial charge in [0.05, 0.1) is 42.4 Å². The second-order valence-electron chi connectivity index (χ2n) is 27.1. The van der Waals surface area contributed by atoms with Crippen LogP contribution in [-0.4, -0.2) is 69.8 Å². The summed E-state index contributed by atoms with van der Waals surface area (Å²) >= 11 is 0. The van der Waals surface area contributed by atoms with Crippen molar-refractivity contribution in [2.24, 2.45) is 21.7 Å². The van der Waals surface area contributed by atoms with Crippen molar-refractivity contribution in [1.82, 2.24) is 38.8 Å². The third-order valence-electron chi connectivity index (χ3n) is 21.3. The first-order valence-corrected chi connectivity index (χ1v) is 39.9. The fourth-order valence-corrected chi connectivity index (χ4v) is 16.3. The molecule has 1 radical (unpaired) electrons. The topological polar surface area (TPSA) is 239 Å². The molecule has 97 heavy (non-hydrogen) atoms. The Morgan fingerprint density at radius 2 is 0.474 bits per heavy atom. The zero-order valence-electron chi connectivity index (χ0n) is 58.2. The SMILES string of the molecule is CCC(C)(CC)CCNS(=O)(=O)c1ccc(-c2c3nc(c(-c4ccc(S(=O)(=O)NCCC(C)(CC)CC)cc4)c4ccc([n-]4)c(-c4ccc(S(=O)(=O)NCCC(C)(CC)CC)cc4)c4nc(c(-c5ccc(S(=O)(=O)NCCC(C)(CC)CC)cc5)c5ccc2[n-]5)C=C4)C=C3)cc1.[Mn+2]. The Hall–Kier alpha value is -6.36. The molecular formula is C76H96MnN8O8S4. The second kappa shape index (κ2) is 31.5. The molecule has 4 aromatic carbocycles. The summed E-state index contributed by atoms with van der Waals surface area (Å²) in [5.41, 5.74) is 8.65. The van der Waals surface area contributed by atoms with Gasteiger partial charge >= 0.3 is 17.1 Å². The van der Waals surface area contributed by atoms with E-state index in [1.165, 1.54) is 0 Å². The molecule has 4 N–H and O–H groups in total. The molecule has 3 aromatic heterocycles. The molecule has 0 amide bonds. The number of aromatic nitrogens is 4. The Morgan fingerprint density at radius 1 is 0.299 bits per heavy atom. The summed E-state index contributed by atoms with van der Waals surface area (Å²) in [7, 11) is -15.6. The van der Waals surface area contributed by atoms with Crippen molar-refractivity contribution >= 4 is 86.5 Å². The van der Waals surface area contributed by atoms with E-state index >= 15 is 0 Å². The van der Waals surface area contributed by atoms with Crippen molar-refractivity contribution in [2.75, 3.05) is 26.2 Å². The summed E-state index contributed by atoms with van der Waals surface area (Å²) in [5, 5.41) is 0. The van der Waals surface area contributed by atoms with E-state index in [4.69, 9.17) is 19.9 Å². The van der Waals surface area contributed by atoms with Gasteiger partial charge < -0.3 is 9.97 Å². The summed E-state index contributed by atoms with van der Waals surface area (Å²) in [6, 6.07) is 34.1. The van der Waals surface area contributed by atoms with E-state index in [1.54, 1.807) is 97.1 Å². The van der Waals surface area contributed by atoms with Gasteiger partial charge in [0.2, 0.25) is 40.1 Å². The average Bonchev–Trinajstić information content (AvgIpc) is 1.75. The van der Waals surface area contributed by atoms with Crippen LogP contribution in [0.3, 0.4) is 0 Å². The quantitative estimate of drug-likeness (QED) is 0.0288. The first-order chi connectivity index (χ1) is 45.5. The van der Waals surface area contributed by atoms with E-state index in [1.807, 2.05) is 48.6 Å². The minimum absolute atomic E-state index is 0. The Morgan fingerprint density at radius 3 is 0.639 bits per heavy atom. The van der Waals surface area contributed by atoms with Crippen LogP contribution >= 0.6 is 0 Å². The summed E-state index contributed by atoms with van der Waals surface area (Å²) in [4.78, 5) is 21.9. The van der Waals surface area contributed by atoms with Gasteiger partial charge in [-0.25, -0.2) is 62.5 Å². The van der Waals surface area contributed by atoms with Crippen molar-refractivity contribution in [3.63, 3.8) is 0 Å². The third-order valence-corrected chi connectivity index (χ3v) is 27.2. The molecule has 5 heterocycles. The molecule has 0 saturated carbocycles. The summed E-state index contributed by atoms with van der Waals surface area (Å²) < 4.78 is 123. The standard InChI is InChI=1S/C76H96N8O8S4.Mn/c1-13-73(9,14-2)45-49-77-93(85,86)57-29-21-53(22-30-57)69-61-37-39-63(81-61)70(54-23-31-58(32-24-54)94(87,88)78-50-46-74(10,15-3)16-4)65-41-43-67(83-65)72(56-27-35-60(36-28-56)96(91,92)80-52-48-76(12,19-7)20-8)68-44-42-66(84-68)71(64-40-38-62(69)82-64)55-25-33-59(34-26-55)95(89,90)79-51-47-75(11,17-5)18-6;/h21-44,77-80H,13-20,45-52H2,1-12H3;/q-2;+2. The maximum absolute atomic E-state index is 13.9. The summed E-state index contributed by atoms with van der Waals surface area (Å²) in [6.45, 7) is 26.7. The molecule has 0 saturated heterocycles. The molecule has 7 aromatic rings. The Kier molecular flexibility index (Phi) is 24.8. The first kappa shape index (κ1) is 76.4. The van der Waals surface area contributed by atoms with E-state index in [2.05, 4.69) is 102 Å². The van der Waals surface area contributed by atoms with Gasteiger partial charge in [-0.15, -0.1) is 22.1 Å². The number of hydrogen-bond acceptors (Lipinski definition) is 10. The van der Waals surface area contributed by atoms with Gasteiger partial charge in [-0.1, -0.05) is 207 Å². The van der Waals surface area contributed by atoms with Crippen LogP contribution in [-0.2, 0) is 57.2 Å². The van der Waals surface area contributed by atoms with Crippen molar-refractivity contribution in [1.29, 1.82) is 0 Å². The number of rotatable bonds is 32. The molecule has 0 spiro atoms. The summed E-state index contributed by atoms with van der Waals surface area (Å²) in [6.07, 6.45) is 17.6. The maximum Gasteiger partial charge on any atom is 2.00 e. The minimum Gasteiger partial charge on any atom is -0.657 e. The van der Waals surface area contributed by atoms with Crippen LogP contribution in [0, 0.1) is 21.7 Å². The predicted molar refractivity (Wildman–Crippen MR) is 393 cm³/mol. The smallest absolute Gasteiger partial charge is 0.657 e. The third kappa shape index (κ3) is 17.6. The molecule has 0 aliphatic carbocycles. The van der Waals surface area contributed by atoms with Gasteiger partial charge in [-0.2, -0.15) is 0 Å². The Labute approximate surface area is 588 Å².